The van der Waals surface area contributed by atoms with Gasteiger partial charge in [-0.1, -0.05) is 26.8 Å². The van der Waals surface area contributed by atoms with Gasteiger partial charge in [-0.15, -0.1) is 0 Å². The third-order valence-electron chi connectivity index (χ3n) is 4.37. The van der Waals surface area contributed by atoms with Crippen LogP contribution in [0.25, 0.3) is 10.9 Å². The molecule has 0 atom stereocenters. The highest BCUT2D eigenvalue weighted by Gasteiger charge is 2.37. The quantitative estimate of drug-likeness (QED) is 0.677. The van der Waals surface area contributed by atoms with Gasteiger partial charge in [-0.3, -0.25) is 9.89 Å². The van der Waals surface area contributed by atoms with Gasteiger partial charge in [0.15, 0.2) is 14.1 Å². The zero-order valence-corrected chi connectivity index (χ0v) is 14.7. The monoisotopic (exact) mass is 304 g/mol. The number of fused-ring (bicyclic) bond motifs is 1. The van der Waals surface area contributed by atoms with Crippen molar-refractivity contribution in [1.29, 1.82) is 0 Å². The maximum Gasteiger partial charge on any atom is 0.192 e. The van der Waals surface area contributed by atoms with Gasteiger partial charge < -0.3 is 4.43 Å². The molecule has 1 aromatic heterocycles. The second kappa shape index (κ2) is 5.39. The molecule has 0 spiro atoms. The summed E-state index contributed by atoms with van der Waals surface area (Å²) < 4.78 is 6.23. The smallest absolute Gasteiger partial charge is 0.192 e. The van der Waals surface area contributed by atoms with Gasteiger partial charge in [0.25, 0.3) is 0 Å². The number of aromatic nitrogens is 2. The molecule has 21 heavy (non-hydrogen) atoms. The van der Waals surface area contributed by atoms with Crippen LogP contribution < -0.4 is 0 Å². The van der Waals surface area contributed by atoms with E-state index in [0.29, 0.717) is 12.3 Å². The van der Waals surface area contributed by atoms with Crippen LogP contribution >= 0.6 is 0 Å². The largest absolute Gasteiger partial charge is 0.413 e. The summed E-state index contributed by atoms with van der Waals surface area (Å²) in [6.07, 6.45) is 0. The van der Waals surface area contributed by atoms with Gasteiger partial charge in [-0.25, -0.2) is 0 Å². The normalized spacial score (nSPS) is 12.9. The highest BCUT2D eigenvalue weighted by atomic mass is 28.4. The van der Waals surface area contributed by atoms with Crippen molar-refractivity contribution >= 4 is 25.0 Å². The van der Waals surface area contributed by atoms with E-state index < -0.39 is 8.32 Å². The Kier molecular flexibility index (Phi) is 4.08. The second-order valence-electron chi connectivity index (χ2n) is 7.06. The lowest BCUT2D eigenvalue weighted by Crippen LogP contribution is -2.40. The van der Waals surface area contributed by atoms with E-state index in [0.717, 1.165) is 16.5 Å². The molecule has 0 aliphatic rings. The number of benzene rings is 1. The van der Waals surface area contributed by atoms with Crippen molar-refractivity contribution in [2.45, 2.75) is 52.4 Å². The molecule has 1 N–H and O–H groups in total. The zero-order chi connectivity index (χ0) is 15.8. The summed E-state index contributed by atoms with van der Waals surface area (Å²) in [7, 11) is -1.76. The fraction of sp³-hybridized carbons (Fsp3) is 0.500. The van der Waals surface area contributed by atoms with Crippen LogP contribution in [0.15, 0.2) is 18.2 Å². The molecule has 2 rings (SSSR count). The van der Waals surface area contributed by atoms with Crippen LogP contribution in [0.4, 0.5) is 0 Å². The molecular weight excluding hydrogens is 280 g/mol. The summed E-state index contributed by atoms with van der Waals surface area (Å²) in [5, 5.41) is 8.03. The van der Waals surface area contributed by atoms with E-state index in [1.807, 2.05) is 18.2 Å². The number of H-pyrrole nitrogens is 1. The van der Waals surface area contributed by atoms with Crippen LogP contribution in [-0.4, -0.2) is 24.3 Å². The standard InChI is InChI=1S/C16H24N2O2Si/c1-11(19)15-13-9-12(7-8-14(13)17-18-15)10-20-21(5,6)16(2,3)4/h7-9H,10H2,1-6H3,(H,17,18). The molecule has 0 unspecified atom stereocenters. The van der Waals surface area contributed by atoms with E-state index in [9.17, 15) is 4.79 Å². The Balaban J connectivity index is 2.24. The molecule has 1 aromatic carbocycles. The average molecular weight is 304 g/mol. The van der Waals surface area contributed by atoms with E-state index in [2.05, 4.69) is 44.1 Å². The van der Waals surface area contributed by atoms with Gasteiger partial charge in [0.2, 0.25) is 0 Å². The highest BCUT2D eigenvalue weighted by Crippen LogP contribution is 2.37. The van der Waals surface area contributed by atoms with Gasteiger partial charge in [-0.05, 0) is 35.8 Å². The van der Waals surface area contributed by atoms with Crippen LogP contribution in [-0.2, 0) is 11.0 Å². The fourth-order valence-electron chi connectivity index (χ4n) is 1.90. The summed E-state index contributed by atoms with van der Waals surface area (Å²) in [4.78, 5) is 11.6. The molecule has 114 valence electrons. The predicted octanol–water partition coefficient (Wildman–Crippen LogP) is 4.29. The first-order chi connectivity index (χ1) is 9.62. The van der Waals surface area contributed by atoms with E-state index in [1.54, 1.807) is 0 Å². The van der Waals surface area contributed by atoms with Crippen LogP contribution in [0, 0.1) is 0 Å². The lowest BCUT2D eigenvalue weighted by molar-refractivity contribution is 0.101. The number of carbonyl (C=O) groups is 1. The van der Waals surface area contributed by atoms with Crippen LogP contribution in [0.3, 0.4) is 0 Å². The molecule has 5 heteroatoms. The Labute approximate surface area is 127 Å². The fourth-order valence-corrected chi connectivity index (χ4v) is 2.86. The number of nitrogens with one attached hydrogen (secondary N) is 1. The minimum Gasteiger partial charge on any atom is -0.413 e. The van der Waals surface area contributed by atoms with Crippen molar-refractivity contribution in [1.82, 2.24) is 10.2 Å². The molecule has 0 bridgehead atoms. The van der Waals surface area contributed by atoms with Gasteiger partial charge in [0.05, 0.1) is 12.1 Å². The lowest BCUT2D eigenvalue weighted by atomic mass is 10.1. The summed E-state index contributed by atoms with van der Waals surface area (Å²) >= 11 is 0. The molecule has 2 aromatic rings. The SMILES string of the molecule is CC(=O)c1n[nH]c2ccc(CO[Si](C)(C)C(C)(C)C)cc12. The number of Topliss-reactive ketones (excluding diaryl/α,β-unsaturated/α-hetero) is 1. The van der Waals surface area contributed by atoms with Gasteiger partial charge in [-0.2, -0.15) is 5.10 Å². The molecule has 0 radical (unpaired) electrons. The number of aromatic amines is 1. The number of hydrogen-bond acceptors (Lipinski definition) is 3. The van der Waals surface area contributed by atoms with E-state index in [4.69, 9.17) is 4.43 Å². The second-order valence-corrected chi connectivity index (χ2v) is 11.9. The van der Waals surface area contributed by atoms with Crippen molar-refractivity contribution < 1.29 is 9.22 Å². The van der Waals surface area contributed by atoms with E-state index >= 15 is 0 Å². The first kappa shape index (κ1) is 15.9. The average Bonchev–Trinajstić information content (AvgIpc) is 2.78. The number of carbonyl (C=O) groups excluding carboxylic acids is 1. The van der Waals surface area contributed by atoms with E-state index in [-0.39, 0.29) is 10.8 Å². The highest BCUT2D eigenvalue weighted by molar-refractivity contribution is 6.74. The number of rotatable bonds is 4. The topological polar surface area (TPSA) is 55.0 Å². The number of hydrogen-bond donors (Lipinski definition) is 1. The Morgan fingerprint density at radius 3 is 2.57 bits per heavy atom. The summed E-state index contributed by atoms with van der Waals surface area (Å²) in [6.45, 7) is 13.3. The summed E-state index contributed by atoms with van der Waals surface area (Å²) in [6, 6.07) is 5.99. The van der Waals surface area contributed by atoms with Crippen molar-refractivity contribution in [2.24, 2.45) is 0 Å². The molecular formula is C16H24N2O2Si. The molecule has 0 fully saturated rings. The number of nitrogens with zero attached hydrogens (tertiary/aromatic N) is 1. The first-order valence-corrected chi connectivity index (χ1v) is 10.1. The number of ketones is 1. The molecule has 0 saturated heterocycles. The third-order valence-corrected chi connectivity index (χ3v) is 8.84. The van der Waals surface area contributed by atoms with Crippen LogP contribution in [0.1, 0.15) is 43.7 Å². The van der Waals surface area contributed by atoms with Crippen molar-refractivity contribution in [2.75, 3.05) is 0 Å². The van der Waals surface area contributed by atoms with E-state index in [1.165, 1.54) is 6.92 Å². The molecule has 1 heterocycles. The first-order valence-electron chi connectivity index (χ1n) is 7.24. The van der Waals surface area contributed by atoms with Crippen LogP contribution in [0.5, 0.6) is 0 Å². The minimum atomic E-state index is -1.76. The van der Waals surface area contributed by atoms with Gasteiger partial charge >= 0.3 is 0 Å². The lowest BCUT2D eigenvalue weighted by Gasteiger charge is -2.36. The Hall–Kier alpha value is -1.46. The van der Waals surface area contributed by atoms with Crippen molar-refractivity contribution in [3.63, 3.8) is 0 Å². The maximum absolute atomic E-state index is 11.6. The molecule has 0 saturated carbocycles. The Morgan fingerprint density at radius 2 is 2.00 bits per heavy atom. The van der Waals surface area contributed by atoms with Crippen molar-refractivity contribution in [3.8, 4) is 0 Å². The molecule has 4 nitrogen and oxygen atoms in total. The van der Waals surface area contributed by atoms with Gasteiger partial charge in [0, 0.05) is 12.3 Å². The molecule has 0 aliphatic carbocycles. The maximum atomic E-state index is 11.6. The minimum absolute atomic E-state index is 0.0243. The zero-order valence-electron chi connectivity index (χ0n) is 13.7. The summed E-state index contributed by atoms with van der Waals surface area (Å²) in [5.41, 5.74) is 2.46. The van der Waals surface area contributed by atoms with Gasteiger partial charge in [0.1, 0.15) is 5.69 Å². The Bertz CT molecular complexity index is 668. The van der Waals surface area contributed by atoms with Crippen molar-refractivity contribution in [3.05, 3.63) is 29.5 Å². The predicted molar refractivity (Wildman–Crippen MR) is 88.1 cm³/mol. The summed E-state index contributed by atoms with van der Waals surface area (Å²) in [5.74, 6) is -0.0243. The molecule has 0 amide bonds. The van der Waals surface area contributed by atoms with Crippen LogP contribution in [0.2, 0.25) is 18.1 Å². The third kappa shape index (κ3) is 3.24. The Morgan fingerprint density at radius 1 is 1.33 bits per heavy atom. The molecule has 0 aliphatic heterocycles.